The van der Waals surface area contributed by atoms with E-state index in [1.165, 1.54) is 53.3 Å². The first kappa shape index (κ1) is 15.6. The summed E-state index contributed by atoms with van der Waals surface area (Å²) in [7, 11) is 0. The lowest BCUT2D eigenvalue weighted by Gasteiger charge is -2.02. The summed E-state index contributed by atoms with van der Waals surface area (Å²) >= 11 is 9.24. The van der Waals surface area contributed by atoms with Crippen molar-refractivity contribution in [2.24, 2.45) is 0 Å². The smallest absolute Gasteiger partial charge is 0.0855 e. The zero-order chi connectivity index (χ0) is 14.8. The predicted molar refractivity (Wildman–Crippen MR) is 103 cm³/mol. The molecule has 0 aliphatic carbocycles. The Morgan fingerprint density at radius 1 is 1.14 bits per heavy atom. The van der Waals surface area contributed by atoms with Crippen LogP contribution in [0.4, 0.5) is 0 Å². The third-order valence-electron chi connectivity index (χ3n) is 3.54. The summed E-state index contributed by atoms with van der Waals surface area (Å²) in [5.74, 6) is 0. The predicted octanol–water partition coefficient (Wildman–Crippen LogP) is 7.46. The summed E-state index contributed by atoms with van der Waals surface area (Å²) < 4.78 is 4.07. The zero-order valence-corrected chi connectivity index (χ0v) is 16.1. The fourth-order valence-corrected chi connectivity index (χ4v) is 7.13. The lowest BCUT2D eigenvalue weighted by atomic mass is 10.1. The van der Waals surface area contributed by atoms with Gasteiger partial charge in [0.15, 0.2) is 0 Å². The molecule has 110 valence electrons. The van der Waals surface area contributed by atoms with Crippen molar-refractivity contribution in [2.45, 2.75) is 31.1 Å². The van der Waals surface area contributed by atoms with Gasteiger partial charge in [-0.15, -0.1) is 34.4 Å². The monoisotopic (exact) mass is 396 g/mol. The molecule has 0 aliphatic rings. The maximum Gasteiger partial charge on any atom is 0.0855 e. The second-order valence-electron chi connectivity index (χ2n) is 5.01. The first-order chi connectivity index (χ1) is 10.2. The van der Waals surface area contributed by atoms with E-state index < -0.39 is 0 Å². The molecule has 0 atom stereocenters. The largest absolute Gasteiger partial charge is 0.133 e. The van der Waals surface area contributed by atoms with Gasteiger partial charge >= 0.3 is 0 Å². The zero-order valence-electron chi connectivity index (χ0n) is 12.1. The molecule has 2 aromatic heterocycles. The molecule has 1 aromatic carbocycles. The molecule has 0 spiro atoms. The molecule has 0 saturated carbocycles. The molecule has 2 heterocycles. The van der Waals surface area contributed by atoms with Gasteiger partial charge in [-0.25, -0.2) is 0 Å². The van der Waals surface area contributed by atoms with Gasteiger partial charge in [-0.05, 0) is 52.2 Å². The molecule has 4 heteroatoms. The molecule has 0 bridgehead atoms. The van der Waals surface area contributed by atoms with Crippen LogP contribution in [-0.2, 0) is 6.42 Å². The molecular formula is C17H17BrS3. The third-order valence-corrected chi connectivity index (χ3v) is 8.02. The standard InChI is InChI=1S/C17H17BrS3/c1-3-4-5-11-6-8-12(9-7-11)13-10-14-15(20-13)16(19-2)17(18)21-14/h6-10H,3-5H2,1-2H3. The number of benzene rings is 1. The highest BCUT2D eigenvalue weighted by Gasteiger charge is 2.14. The van der Waals surface area contributed by atoms with Crippen LogP contribution in [0.15, 0.2) is 39.0 Å². The van der Waals surface area contributed by atoms with Gasteiger partial charge in [0.2, 0.25) is 0 Å². The molecule has 3 rings (SSSR count). The van der Waals surface area contributed by atoms with Crippen LogP contribution in [0.1, 0.15) is 25.3 Å². The van der Waals surface area contributed by atoms with Crippen LogP contribution in [0.3, 0.4) is 0 Å². The molecule has 0 unspecified atom stereocenters. The Hall–Kier alpha value is -0.290. The van der Waals surface area contributed by atoms with E-state index in [1.807, 2.05) is 34.4 Å². The van der Waals surface area contributed by atoms with Crippen molar-refractivity contribution in [3.63, 3.8) is 0 Å². The topological polar surface area (TPSA) is 0 Å². The van der Waals surface area contributed by atoms with Crippen LogP contribution in [0.25, 0.3) is 19.8 Å². The third kappa shape index (κ3) is 3.24. The van der Waals surface area contributed by atoms with Gasteiger partial charge in [0.05, 0.1) is 13.4 Å². The molecule has 0 saturated heterocycles. The average Bonchev–Trinajstić information content (AvgIpc) is 3.02. The summed E-state index contributed by atoms with van der Waals surface area (Å²) in [4.78, 5) is 2.76. The van der Waals surface area contributed by atoms with Crippen molar-refractivity contribution in [1.29, 1.82) is 0 Å². The Labute approximate surface area is 146 Å². The summed E-state index contributed by atoms with van der Waals surface area (Å²) in [5.41, 5.74) is 2.79. The van der Waals surface area contributed by atoms with Crippen molar-refractivity contribution in [3.05, 3.63) is 39.7 Å². The number of fused-ring (bicyclic) bond motifs is 1. The summed E-state index contributed by atoms with van der Waals surface area (Å²) in [6.07, 6.45) is 5.88. The first-order valence-electron chi connectivity index (χ1n) is 7.08. The summed E-state index contributed by atoms with van der Waals surface area (Å²) in [6, 6.07) is 11.4. The van der Waals surface area contributed by atoms with Crippen molar-refractivity contribution >= 4 is 59.8 Å². The van der Waals surface area contributed by atoms with Crippen LogP contribution in [0.2, 0.25) is 0 Å². The first-order valence-corrected chi connectivity index (χ1v) is 10.7. The SMILES string of the molecule is CCCCc1ccc(-c2cc3sc(Br)c(SC)c3s2)cc1. The molecule has 0 amide bonds. The van der Waals surface area contributed by atoms with E-state index in [-0.39, 0.29) is 0 Å². The fourth-order valence-electron chi connectivity index (χ4n) is 2.37. The molecule has 0 fully saturated rings. The van der Waals surface area contributed by atoms with Gasteiger partial charge in [-0.3, -0.25) is 0 Å². The number of unbranched alkanes of at least 4 members (excludes halogenated alkanes) is 1. The Morgan fingerprint density at radius 2 is 1.90 bits per heavy atom. The van der Waals surface area contributed by atoms with Crippen molar-refractivity contribution in [2.75, 3.05) is 6.26 Å². The van der Waals surface area contributed by atoms with Crippen LogP contribution in [0, 0.1) is 0 Å². The van der Waals surface area contributed by atoms with E-state index in [9.17, 15) is 0 Å². The molecule has 0 N–H and O–H groups in total. The Balaban J connectivity index is 1.91. The number of thiophene rings is 2. The van der Waals surface area contributed by atoms with Gasteiger partial charge in [0.25, 0.3) is 0 Å². The van der Waals surface area contributed by atoms with Gasteiger partial charge in [-0.1, -0.05) is 37.6 Å². The minimum atomic E-state index is 1.19. The van der Waals surface area contributed by atoms with E-state index in [0.29, 0.717) is 0 Å². The van der Waals surface area contributed by atoms with Gasteiger partial charge in [-0.2, -0.15) is 0 Å². The number of thioether (sulfide) groups is 1. The van der Waals surface area contributed by atoms with Crippen molar-refractivity contribution < 1.29 is 0 Å². The van der Waals surface area contributed by atoms with E-state index >= 15 is 0 Å². The quantitative estimate of drug-likeness (QED) is 0.403. The Morgan fingerprint density at radius 3 is 2.57 bits per heavy atom. The second kappa shape index (κ2) is 6.86. The van der Waals surface area contributed by atoms with E-state index in [0.717, 1.165) is 0 Å². The molecule has 0 radical (unpaired) electrons. The minimum Gasteiger partial charge on any atom is -0.133 e. The highest BCUT2D eigenvalue weighted by Crippen LogP contribution is 2.47. The lowest BCUT2D eigenvalue weighted by molar-refractivity contribution is 0.795. The maximum atomic E-state index is 3.67. The summed E-state index contributed by atoms with van der Waals surface area (Å²) in [5, 5.41) is 0. The second-order valence-corrected chi connectivity index (χ2v) is 9.25. The average molecular weight is 397 g/mol. The maximum absolute atomic E-state index is 3.67. The molecule has 3 aromatic rings. The fraction of sp³-hybridized carbons (Fsp3) is 0.294. The van der Waals surface area contributed by atoms with E-state index in [1.54, 1.807) is 0 Å². The van der Waals surface area contributed by atoms with Gasteiger partial charge in [0, 0.05) is 9.58 Å². The molecule has 0 nitrogen and oxygen atoms in total. The Bertz CT molecular complexity index is 737. The highest BCUT2D eigenvalue weighted by atomic mass is 79.9. The number of hydrogen-bond acceptors (Lipinski definition) is 3. The summed E-state index contributed by atoms with van der Waals surface area (Å²) in [6.45, 7) is 2.24. The molecule has 21 heavy (non-hydrogen) atoms. The van der Waals surface area contributed by atoms with Crippen molar-refractivity contribution in [3.8, 4) is 10.4 Å². The normalized spacial score (nSPS) is 11.4. The van der Waals surface area contributed by atoms with Crippen LogP contribution in [0.5, 0.6) is 0 Å². The van der Waals surface area contributed by atoms with Crippen LogP contribution < -0.4 is 0 Å². The van der Waals surface area contributed by atoms with E-state index in [2.05, 4.69) is 59.4 Å². The van der Waals surface area contributed by atoms with Gasteiger partial charge in [0.1, 0.15) is 0 Å². The van der Waals surface area contributed by atoms with Crippen LogP contribution in [-0.4, -0.2) is 6.26 Å². The lowest BCUT2D eigenvalue weighted by Crippen LogP contribution is -1.83. The van der Waals surface area contributed by atoms with Crippen LogP contribution >= 0.6 is 50.4 Å². The molecule has 0 aliphatic heterocycles. The van der Waals surface area contributed by atoms with Crippen molar-refractivity contribution in [1.82, 2.24) is 0 Å². The number of aryl methyl sites for hydroxylation is 1. The highest BCUT2D eigenvalue weighted by molar-refractivity contribution is 9.11. The number of rotatable bonds is 5. The number of hydrogen-bond donors (Lipinski definition) is 0. The van der Waals surface area contributed by atoms with E-state index in [4.69, 9.17) is 0 Å². The number of halogens is 1. The van der Waals surface area contributed by atoms with Gasteiger partial charge < -0.3 is 0 Å². The minimum absolute atomic E-state index is 1.19. The Kier molecular flexibility index (Phi) is 5.10. The molecular weight excluding hydrogens is 380 g/mol.